The minimum absolute atomic E-state index is 0.0380. The number of rotatable bonds is 6. The van der Waals surface area contributed by atoms with Gasteiger partial charge in [0.05, 0.1) is 6.61 Å². The highest BCUT2D eigenvalue weighted by atomic mass is 79.9. The molecule has 0 radical (unpaired) electrons. The number of para-hydroxylation sites is 1. The number of carbonyl (C=O) groups excluding carboxylic acids is 2. The van der Waals surface area contributed by atoms with E-state index in [1.165, 1.54) is 6.08 Å². The van der Waals surface area contributed by atoms with Gasteiger partial charge in [-0.05, 0) is 37.3 Å². The van der Waals surface area contributed by atoms with Crippen LogP contribution >= 0.6 is 15.9 Å². The summed E-state index contributed by atoms with van der Waals surface area (Å²) in [6.07, 6.45) is 3.27. The van der Waals surface area contributed by atoms with Crippen molar-refractivity contribution in [3.63, 3.8) is 0 Å². The van der Waals surface area contributed by atoms with Gasteiger partial charge < -0.3 is 14.6 Å². The molecule has 7 heteroatoms. The quantitative estimate of drug-likeness (QED) is 0.339. The lowest BCUT2D eigenvalue weighted by Crippen LogP contribution is -2.13. The molecule has 1 amide bonds. The van der Waals surface area contributed by atoms with E-state index >= 15 is 0 Å². The van der Waals surface area contributed by atoms with Gasteiger partial charge in [-0.2, -0.15) is 5.26 Å². The van der Waals surface area contributed by atoms with E-state index < -0.39 is 5.91 Å². The predicted octanol–water partition coefficient (Wildman–Crippen LogP) is 4.51. The van der Waals surface area contributed by atoms with Crippen LogP contribution in [0, 0.1) is 11.3 Å². The first kappa shape index (κ1) is 20.4. The second-order valence-electron chi connectivity index (χ2n) is 6.17. The number of hydrogen-bond acceptors (Lipinski definition) is 4. The SMILES string of the molecule is CCOC(=O)Cn1cc(C=C(C#N)C(=O)Nc2cccc(Br)c2)c2ccccc21. The molecule has 0 unspecified atom stereocenters. The van der Waals surface area contributed by atoms with E-state index in [0.29, 0.717) is 17.9 Å². The number of aromatic nitrogens is 1. The maximum absolute atomic E-state index is 12.6. The van der Waals surface area contributed by atoms with Crippen molar-refractivity contribution in [1.29, 1.82) is 5.26 Å². The van der Waals surface area contributed by atoms with Gasteiger partial charge in [0, 0.05) is 32.8 Å². The Hall–Kier alpha value is -3.37. The van der Waals surface area contributed by atoms with Gasteiger partial charge in [-0.1, -0.05) is 40.2 Å². The number of amides is 1. The molecule has 0 saturated heterocycles. The zero-order chi connectivity index (χ0) is 20.8. The van der Waals surface area contributed by atoms with Crippen LogP contribution in [0.5, 0.6) is 0 Å². The van der Waals surface area contributed by atoms with Crippen molar-refractivity contribution >= 4 is 50.5 Å². The van der Waals surface area contributed by atoms with Gasteiger partial charge in [0.15, 0.2) is 0 Å². The number of hydrogen-bond donors (Lipinski definition) is 1. The molecule has 0 aliphatic carbocycles. The smallest absolute Gasteiger partial charge is 0.325 e. The Kier molecular flexibility index (Phi) is 6.47. The minimum Gasteiger partial charge on any atom is -0.465 e. The van der Waals surface area contributed by atoms with Crippen LogP contribution in [0.25, 0.3) is 17.0 Å². The van der Waals surface area contributed by atoms with Crippen LogP contribution in [0.1, 0.15) is 12.5 Å². The molecule has 0 atom stereocenters. The number of nitrogens with zero attached hydrogens (tertiary/aromatic N) is 2. The summed E-state index contributed by atoms with van der Waals surface area (Å²) in [5.41, 5.74) is 2.03. The summed E-state index contributed by atoms with van der Waals surface area (Å²) in [7, 11) is 0. The molecular formula is C22H18BrN3O3. The van der Waals surface area contributed by atoms with Crippen LogP contribution in [0.15, 0.2) is 64.8 Å². The molecule has 0 aliphatic heterocycles. The molecule has 1 heterocycles. The summed E-state index contributed by atoms with van der Waals surface area (Å²) >= 11 is 3.35. The number of anilines is 1. The zero-order valence-electron chi connectivity index (χ0n) is 15.7. The predicted molar refractivity (Wildman–Crippen MR) is 115 cm³/mol. The molecule has 29 heavy (non-hydrogen) atoms. The average Bonchev–Trinajstić information content (AvgIpc) is 3.03. The Morgan fingerprint density at radius 1 is 1.24 bits per heavy atom. The maximum Gasteiger partial charge on any atom is 0.325 e. The zero-order valence-corrected chi connectivity index (χ0v) is 17.3. The Labute approximate surface area is 176 Å². The Morgan fingerprint density at radius 2 is 2.03 bits per heavy atom. The number of carbonyl (C=O) groups is 2. The van der Waals surface area contributed by atoms with Crippen molar-refractivity contribution in [1.82, 2.24) is 4.57 Å². The van der Waals surface area contributed by atoms with Crippen molar-refractivity contribution in [2.45, 2.75) is 13.5 Å². The Bertz CT molecular complexity index is 1140. The number of esters is 1. The molecule has 0 bridgehead atoms. The van der Waals surface area contributed by atoms with Crippen LogP contribution in [0.4, 0.5) is 5.69 Å². The number of benzene rings is 2. The summed E-state index contributed by atoms with van der Waals surface area (Å²) < 4.78 is 7.59. The van der Waals surface area contributed by atoms with Gasteiger partial charge >= 0.3 is 5.97 Å². The fourth-order valence-corrected chi connectivity index (χ4v) is 3.33. The van der Waals surface area contributed by atoms with Crippen molar-refractivity contribution in [2.75, 3.05) is 11.9 Å². The fraction of sp³-hybridized carbons (Fsp3) is 0.136. The number of nitrogens with one attached hydrogen (secondary N) is 1. The average molecular weight is 452 g/mol. The Balaban J connectivity index is 1.93. The van der Waals surface area contributed by atoms with E-state index in [2.05, 4.69) is 21.2 Å². The maximum atomic E-state index is 12.6. The first-order valence-corrected chi connectivity index (χ1v) is 9.73. The molecule has 3 rings (SSSR count). The molecule has 146 valence electrons. The summed E-state index contributed by atoms with van der Waals surface area (Å²) in [5, 5.41) is 13.1. The van der Waals surface area contributed by atoms with E-state index in [-0.39, 0.29) is 18.1 Å². The lowest BCUT2D eigenvalue weighted by Gasteiger charge is -2.04. The molecule has 1 N–H and O–H groups in total. The topological polar surface area (TPSA) is 84.1 Å². The number of fused-ring (bicyclic) bond motifs is 1. The largest absolute Gasteiger partial charge is 0.465 e. The molecule has 0 fully saturated rings. The highest BCUT2D eigenvalue weighted by Crippen LogP contribution is 2.24. The van der Waals surface area contributed by atoms with Crippen molar-refractivity contribution in [3.8, 4) is 6.07 Å². The van der Waals surface area contributed by atoms with E-state index in [4.69, 9.17) is 4.74 Å². The molecule has 3 aromatic rings. The van der Waals surface area contributed by atoms with Gasteiger partial charge in [0.1, 0.15) is 18.2 Å². The minimum atomic E-state index is -0.507. The summed E-state index contributed by atoms with van der Waals surface area (Å²) in [6, 6.07) is 16.6. The van der Waals surface area contributed by atoms with Crippen LogP contribution in [0.3, 0.4) is 0 Å². The summed E-state index contributed by atoms with van der Waals surface area (Å²) in [4.78, 5) is 24.5. The van der Waals surface area contributed by atoms with Crippen LogP contribution in [0.2, 0.25) is 0 Å². The van der Waals surface area contributed by atoms with E-state index in [0.717, 1.165) is 15.4 Å². The number of nitriles is 1. The standard InChI is InChI=1S/C22H18BrN3O3/c1-2-29-21(27)14-26-13-16(19-8-3-4-9-20(19)26)10-15(12-24)22(28)25-18-7-5-6-17(23)11-18/h3-11,13H,2,14H2,1H3,(H,25,28). The van der Waals surface area contributed by atoms with Crippen LogP contribution < -0.4 is 5.32 Å². The summed E-state index contributed by atoms with van der Waals surface area (Å²) in [5.74, 6) is -0.857. The van der Waals surface area contributed by atoms with Crippen LogP contribution in [-0.4, -0.2) is 23.1 Å². The highest BCUT2D eigenvalue weighted by molar-refractivity contribution is 9.10. The summed E-state index contributed by atoms with van der Waals surface area (Å²) in [6.45, 7) is 2.11. The third-order valence-corrected chi connectivity index (χ3v) is 4.66. The Morgan fingerprint density at radius 3 is 2.76 bits per heavy atom. The third kappa shape index (κ3) is 4.92. The molecule has 2 aromatic carbocycles. The van der Waals surface area contributed by atoms with Gasteiger partial charge in [0.2, 0.25) is 0 Å². The molecule has 0 aliphatic rings. The molecule has 6 nitrogen and oxygen atoms in total. The highest BCUT2D eigenvalue weighted by Gasteiger charge is 2.14. The second-order valence-corrected chi connectivity index (χ2v) is 7.08. The van der Waals surface area contributed by atoms with E-state index in [9.17, 15) is 14.9 Å². The van der Waals surface area contributed by atoms with Crippen molar-refractivity contribution in [3.05, 3.63) is 70.3 Å². The normalized spacial score (nSPS) is 11.1. The fourth-order valence-electron chi connectivity index (χ4n) is 2.94. The third-order valence-electron chi connectivity index (χ3n) is 4.17. The lowest BCUT2D eigenvalue weighted by molar-refractivity contribution is -0.143. The van der Waals surface area contributed by atoms with Gasteiger partial charge in [-0.15, -0.1) is 0 Å². The molecule has 0 saturated carbocycles. The van der Waals surface area contributed by atoms with Gasteiger partial charge in [0.25, 0.3) is 5.91 Å². The monoisotopic (exact) mass is 451 g/mol. The molecule has 0 spiro atoms. The van der Waals surface area contributed by atoms with E-state index in [1.807, 2.05) is 36.4 Å². The number of halogens is 1. The first-order valence-electron chi connectivity index (χ1n) is 8.94. The van der Waals surface area contributed by atoms with Gasteiger partial charge in [-0.25, -0.2) is 0 Å². The van der Waals surface area contributed by atoms with Crippen LogP contribution in [-0.2, 0) is 20.9 Å². The first-order chi connectivity index (χ1) is 14.0. The van der Waals surface area contributed by atoms with Crippen molar-refractivity contribution in [2.24, 2.45) is 0 Å². The molecular weight excluding hydrogens is 434 g/mol. The molecule has 1 aromatic heterocycles. The second kappa shape index (κ2) is 9.22. The van der Waals surface area contributed by atoms with E-state index in [1.54, 1.807) is 35.9 Å². The number of ether oxygens (including phenoxy) is 1. The van der Waals surface area contributed by atoms with Gasteiger partial charge in [-0.3, -0.25) is 9.59 Å². The van der Waals surface area contributed by atoms with Crippen molar-refractivity contribution < 1.29 is 14.3 Å². The lowest BCUT2D eigenvalue weighted by atomic mass is 10.1.